The van der Waals surface area contributed by atoms with Crippen molar-refractivity contribution in [2.24, 2.45) is 10.9 Å². The van der Waals surface area contributed by atoms with Gasteiger partial charge in [0.15, 0.2) is 23.1 Å². The van der Waals surface area contributed by atoms with E-state index in [9.17, 15) is 9.59 Å². The molecule has 3 aromatic carbocycles. The summed E-state index contributed by atoms with van der Waals surface area (Å²) >= 11 is 0. The third kappa shape index (κ3) is 3.12. The largest absolute Gasteiger partial charge is 0.453 e. The Hall–Kier alpha value is -4.25. The van der Waals surface area contributed by atoms with Crippen LogP contribution >= 0.6 is 0 Å². The second-order valence-electron chi connectivity index (χ2n) is 8.42. The number of aliphatic imine (C=N–C) groups is 1. The van der Waals surface area contributed by atoms with Gasteiger partial charge in [-0.25, -0.2) is 4.99 Å². The van der Waals surface area contributed by atoms with Crippen LogP contribution < -0.4 is 10.1 Å². The summed E-state index contributed by atoms with van der Waals surface area (Å²) < 4.78 is 6.21. The summed E-state index contributed by atoms with van der Waals surface area (Å²) in [6, 6.07) is 22.7. The van der Waals surface area contributed by atoms with Crippen LogP contribution in [0.3, 0.4) is 0 Å². The van der Waals surface area contributed by atoms with Crippen LogP contribution in [0.25, 0.3) is 0 Å². The molecule has 3 aliphatic rings. The molecule has 1 heterocycles. The molecular formula is C28H20N2O3. The predicted octanol–water partition coefficient (Wildman–Crippen LogP) is 5.10. The van der Waals surface area contributed by atoms with Gasteiger partial charge in [0, 0.05) is 35.0 Å². The van der Waals surface area contributed by atoms with E-state index in [0.717, 1.165) is 11.1 Å². The summed E-state index contributed by atoms with van der Waals surface area (Å²) in [5, 5.41) is 3.38. The minimum absolute atomic E-state index is 0.136. The minimum atomic E-state index is -0.805. The Labute approximate surface area is 191 Å². The van der Waals surface area contributed by atoms with E-state index in [1.165, 1.54) is 0 Å². The first-order valence-electron chi connectivity index (χ1n) is 10.9. The first-order chi connectivity index (χ1) is 16.1. The number of Topliss-reactive ketones (excluding diaryl/α,β-unsaturated/α-hetero) is 2. The Morgan fingerprint density at radius 3 is 2.52 bits per heavy atom. The summed E-state index contributed by atoms with van der Waals surface area (Å²) in [6.07, 6.45) is 1.80. The van der Waals surface area contributed by atoms with Gasteiger partial charge < -0.3 is 10.1 Å². The van der Waals surface area contributed by atoms with Gasteiger partial charge in [-0.1, -0.05) is 60.7 Å². The SMILES string of the molecule is Cc1ccc2c(c1)OC1=CC(NCc3ccccc3)=C3C(=O)c4ccccc4C(=O)C3C1=N2. The number of ether oxygens (including phenoxy) is 1. The summed E-state index contributed by atoms with van der Waals surface area (Å²) in [6.45, 7) is 2.50. The van der Waals surface area contributed by atoms with Crippen molar-refractivity contribution in [3.05, 3.63) is 118 Å². The zero-order valence-electron chi connectivity index (χ0n) is 18.0. The summed E-state index contributed by atoms with van der Waals surface area (Å²) in [5.74, 6) is 0.0464. The molecule has 1 atom stereocenters. The van der Waals surface area contributed by atoms with E-state index >= 15 is 0 Å². The van der Waals surface area contributed by atoms with Crippen molar-refractivity contribution in [3.8, 4) is 5.75 Å². The van der Waals surface area contributed by atoms with E-state index in [4.69, 9.17) is 9.73 Å². The van der Waals surface area contributed by atoms with Gasteiger partial charge in [0.05, 0.1) is 11.6 Å². The van der Waals surface area contributed by atoms with E-state index < -0.39 is 5.92 Å². The lowest BCUT2D eigenvalue weighted by Crippen LogP contribution is -2.42. The number of ketones is 2. The second kappa shape index (κ2) is 7.41. The number of carbonyl (C=O) groups excluding carboxylic acids is 2. The van der Waals surface area contributed by atoms with Gasteiger partial charge in [-0.05, 0) is 30.2 Å². The van der Waals surface area contributed by atoms with Gasteiger partial charge >= 0.3 is 0 Å². The van der Waals surface area contributed by atoms with Gasteiger partial charge in [0.1, 0.15) is 5.69 Å². The molecule has 5 nitrogen and oxygen atoms in total. The van der Waals surface area contributed by atoms with Gasteiger partial charge in [0.2, 0.25) is 0 Å². The second-order valence-corrected chi connectivity index (χ2v) is 8.42. The lowest BCUT2D eigenvalue weighted by Gasteiger charge is -2.34. The molecule has 0 saturated heterocycles. The molecule has 0 saturated carbocycles. The molecule has 2 aliphatic carbocycles. The Balaban J connectivity index is 1.52. The molecule has 0 aromatic heterocycles. The molecule has 6 rings (SSSR count). The highest BCUT2D eigenvalue weighted by Gasteiger charge is 2.46. The Morgan fingerprint density at radius 2 is 1.70 bits per heavy atom. The summed E-state index contributed by atoms with van der Waals surface area (Å²) in [4.78, 5) is 32.1. The van der Waals surface area contributed by atoms with Gasteiger partial charge in [0.25, 0.3) is 0 Å². The van der Waals surface area contributed by atoms with Crippen molar-refractivity contribution in [1.82, 2.24) is 5.32 Å². The summed E-state index contributed by atoms with van der Waals surface area (Å²) in [7, 11) is 0. The quantitative estimate of drug-likeness (QED) is 0.626. The maximum atomic E-state index is 13.7. The normalized spacial score (nSPS) is 18.3. The van der Waals surface area contributed by atoms with Crippen LogP contribution in [0.4, 0.5) is 5.69 Å². The van der Waals surface area contributed by atoms with Crippen LogP contribution in [0.1, 0.15) is 31.8 Å². The topological polar surface area (TPSA) is 67.8 Å². The third-order valence-electron chi connectivity index (χ3n) is 6.23. The van der Waals surface area contributed by atoms with Crippen LogP contribution in [0.5, 0.6) is 5.75 Å². The lowest BCUT2D eigenvalue weighted by molar-refractivity contribution is 0.0908. The average molecular weight is 432 g/mol. The van der Waals surface area contributed by atoms with E-state index in [0.29, 0.717) is 51.8 Å². The molecular weight excluding hydrogens is 412 g/mol. The number of nitrogens with zero attached hydrogens (tertiary/aromatic N) is 1. The standard InChI is InChI=1S/C28H20N2O3/c1-16-11-12-20-22(13-16)33-23-14-21(29-15-17-7-3-2-4-8-17)24-25(26(23)30-20)28(32)19-10-6-5-9-18(19)27(24)31/h2-14,25,29H,15H2,1H3. The number of aryl methyl sites for hydroxylation is 1. The Bertz CT molecular complexity index is 1430. The van der Waals surface area contributed by atoms with Gasteiger partial charge in [-0.2, -0.15) is 0 Å². The first-order valence-corrected chi connectivity index (χ1v) is 10.9. The van der Waals surface area contributed by atoms with Crippen LogP contribution in [-0.4, -0.2) is 17.3 Å². The molecule has 1 N–H and O–H groups in total. The van der Waals surface area contributed by atoms with Crippen LogP contribution in [0, 0.1) is 12.8 Å². The highest BCUT2D eigenvalue weighted by Crippen LogP contribution is 2.43. The third-order valence-corrected chi connectivity index (χ3v) is 6.23. The van der Waals surface area contributed by atoms with Crippen molar-refractivity contribution >= 4 is 23.0 Å². The van der Waals surface area contributed by atoms with Crippen LogP contribution in [0.15, 0.2) is 101 Å². The zero-order chi connectivity index (χ0) is 22.5. The van der Waals surface area contributed by atoms with E-state index in [2.05, 4.69) is 5.32 Å². The highest BCUT2D eigenvalue weighted by atomic mass is 16.5. The van der Waals surface area contributed by atoms with E-state index in [-0.39, 0.29) is 11.6 Å². The molecule has 1 aliphatic heterocycles. The number of benzene rings is 3. The number of fused-ring (bicyclic) bond motifs is 5. The predicted molar refractivity (Wildman–Crippen MR) is 126 cm³/mol. The summed E-state index contributed by atoms with van der Waals surface area (Å²) in [5.41, 5.74) is 5.15. The first kappa shape index (κ1) is 19.4. The Morgan fingerprint density at radius 1 is 0.939 bits per heavy atom. The van der Waals surface area contributed by atoms with Gasteiger partial charge in [-0.3, -0.25) is 9.59 Å². The Kier molecular flexibility index (Phi) is 4.37. The van der Waals surface area contributed by atoms with Crippen molar-refractivity contribution in [2.75, 3.05) is 0 Å². The molecule has 0 bridgehead atoms. The number of hydrogen-bond acceptors (Lipinski definition) is 5. The lowest BCUT2D eigenvalue weighted by atomic mass is 9.72. The fourth-order valence-corrected chi connectivity index (χ4v) is 4.61. The maximum Gasteiger partial charge on any atom is 0.192 e. The van der Waals surface area contributed by atoms with E-state index in [1.807, 2.05) is 55.5 Å². The number of hydrogen-bond donors (Lipinski definition) is 1. The molecule has 5 heteroatoms. The van der Waals surface area contributed by atoms with Crippen molar-refractivity contribution < 1.29 is 14.3 Å². The van der Waals surface area contributed by atoms with Crippen molar-refractivity contribution in [1.29, 1.82) is 0 Å². The van der Waals surface area contributed by atoms with Crippen LogP contribution in [0.2, 0.25) is 0 Å². The maximum absolute atomic E-state index is 13.7. The molecule has 1 unspecified atom stereocenters. The van der Waals surface area contributed by atoms with Crippen molar-refractivity contribution in [2.45, 2.75) is 13.5 Å². The average Bonchev–Trinajstić information content (AvgIpc) is 2.84. The number of nitrogens with one attached hydrogen (secondary N) is 1. The number of allylic oxidation sites excluding steroid dienone is 3. The molecule has 0 amide bonds. The van der Waals surface area contributed by atoms with Gasteiger partial charge in [-0.15, -0.1) is 0 Å². The highest BCUT2D eigenvalue weighted by molar-refractivity contribution is 6.33. The monoisotopic (exact) mass is 432 g/mol. The molecule has 0 spiro atoms. The van der Waals surface area contributed by atoms with Crippen molar-refractivity contribution in [3.63, 3.8) is 0 Å². The number of carbonyl (C=O) groups is 2. The molecule has 33 heavy (non-hydrogen) atoms. The van der Waals surface area contributed by atoms with E-state index in [1.54, 1.807) is 30.3 Å². The zero-order valence-corrected chi connectivity index (χ0v) is 18.0. The smallest absolute Gasteiger partial charge is 0.192 e. The molecule has 160 valence electrons. The van der Waals surface area contributed by atoms with Crippen LogP contribution in [-0.2, 0) is 6.54 Å². The molecule has 0 fully saturated rings. The molecule has 3 aromatic rings. The fourth-order valence-electron chi connectivity index (χ4n) is 4.61. The minimum Gasteiger partial charge on any atom is -0.453 e. The molecule has 0 radical (unpaired) electrons. The number of rotatable bonds is 3. The fraction of sp³-hybridized carbons (Fsp3) is 0.107.